The highest BCUT2D eigenvalue weighted by Crippen LogP contribution is 2.38. The van der Waals surface area contributed by atoms with Gasteiger partial charge in [-0.25, -0.2) is 4.79 Å². The molecule has 2 aromatic carbocycles. The van der Waals surface area contributed by atoms with E-state index in [1.54, 1.807) is 41.3 Å². The van der Waals surface area contributed by atoms with Gasteiger partial charge in [-0.1, -0.05) is 23.8 Å². The predicted molar refractivity (Wildman–Crippen MR) is 125 cm³/mol. The van der Waals surface area contributed by atoms with E-state index in [0.29, 0.717) is 48.4 Å². The van der Waals surface area contributed by atoms with Gasteiger partial charge in [0.05, 0.1) is 42.9 Å². The van der Waals surface area contributed by atoms with Crippen LogP contribution in [0.25, 0.3) is 11.0 Å². The Balaban J connectivity index is 1.59. The number of ether oxygens (including phenoxy) is 2. The molecule has 1 fully saturated rings. The van der Waals surface area contributed by atoms with Gasteiger partial charge in [-0.15, -0.1) is 0 Å². The summed E-state index contributed by atoms with van der Waals surface area (Å²) in [7, 11) is 1.33. The maximum absolute atomic E-state index is 13.6. The summed E-state index contributed by atoms with van der Waals surface area (Å²) in [4.78, 5) is 43.0. The molecule has 0 radical (unpaired) electrons. The maximum atomic E-state index is 13.6. The molecule has 0 bridgehead atoms. The summed E-state index contributed by atoms with van der Waals surface area (Å²) in [5.41, 5.74) is 2.61. The standard InChI is InChI=1S/C26H26N2O6/c1-16-3-8-20-19(15-16)23(29)21-22(17-4-6-18(7-5-17)26(31)32-2)28(25(30)24(21)34-20)10-9-27-11-13-33-14-12-27/h3-8,15,22H,9-14H2,1-2H3. The van der Waals surface area contributed by atoms with Crippen molar-refractivity contribution in [3.05, 3.63) is 80.7 Å². The predicted octanol–water partition coefficient (Wildman–Crippen LogP) is 2.77. The first kappa shape index (κ1) is 22.3. The largest absolute Gasteiger partial charge is 0.465 e. The van der Waals surface area contributed by atoms with Crippen LogP contribution in [0.1, 0.15) is 43.6 Å². The molecule has 0 N–H and O–H groups in total. The van der Waals surface area contributed by atoms with E-state index in [9.17, 15) is 14.4 Å². The van der Waals surface area contributed by atoms with E-state index in [-0.39, 0.29) is 17.1 Å². The zero-order chi connectivity index (χ0) is 23.8. The van der Waals surface area contributed by atoms with Crippen molar-refractivity contribution in [1.82, 2.24) is 9.80 Å². The van der Waals surface area contributed by atoms with Crippen LogP contribution in [-0.2, 0) is 9.47 Å². The average Bonchev–Trinajstić information content (AvgIpc) is 3.15. The molecule has 1 amide bonds. The first-order valence-corrected chi connectivity index (χ1v) is 11.3. The molecule has 3 aromatic rings. The van der Waals surface area contributed by atoms with Gasteiger partial charge < -0.3 is 18.8 Å². The number of amides is 1. The van der Waals surface area contributed by atoms with E-state index in [1.165, 1.54) is 7.11 Å². The minimum atomic E-state index is -0.601. The van der Waals surface area contributed by atoms with E-state index in [1.807, 2.05) is 13.0 Å². The van der Waals surface area contributed by atoms with Gasteiger partial charge in [0, 0.05) is 26.2 Å². The summed E-state index contributed by atoms with van der Waals surface area (Å²) < 4.78 is 16.2. The summed E-state index contributed by atoms with van der Waals surface area (Å²) in [6.45, 7) is 5.93. The van der Waals surface area contributed by atoms with Crippen LogP contribution in [0.4, 0.5) is 0 Å². The molecule has 34 heavy (non-hydrogen) atoms. The summed E-state index contributed by atoms with van der Waals surface area (Å²) in [5.74, 6) is -0.658. The normalized spacial score (nSPS) is 18.4. The lowest BCUT2D eigenvalue weighted by Gasteiger charge is -2.31. The van der Waals surface area contributed by atoms with Crippen LogP contribution in [0.5, 0.6) is 0 Å². The summed E-state index contributed by atoms with van der Waals surface area (Å²) in [6, 6.07) is 11.6. The number of morpholine rings is 1. The van der Waals surface area contributed by atoms with Crippen LogP contribution in [0.15, 0.2) is 51.7 Å². The molecule has 1 unspecified atom stereocenters. The number of fused-ring (bicyclic) bond motifs is 2. The fourth-order valence-corrected chi connectivity index (χ4v) is 4.70. The molecule has 1 saturated heterocycles. The third-order valence-electron chi connectivity index (χ3n) is 6.53. The van der Waals surface area contributed by atoms with Crippen LogP contribution >= 0.6 is 0 Å². The highest BCUT2D eigenvalue weighted by molar-refractivity contribution is 5.99. The summed E-state index contributed by atoms with van der Waals surface area (Å²) in [6.07, 6.45) is 0. The second kappa shape index (κ2) is 9.04. The molecule has 1 atom stereocenters. The minimum Gasteiger partial charge on any atom is -0.465 e. The number of benzene rings is 2. The molecule has 8 heteroatoms. The van der Waals surface area contributed by atoms with E-state index >= 15 is 0 Å². The van der Waals surface area contributed by atoms with Gasteiger partial charge in [0.25, 0.3) is 5.91 Å². The number of aryl methyl sites for hydroxylation is 1. The quantitative estimate of drug-likeness (QED) is 0.539. The monoisotopic (exact) mass is 462 g/mol. The van der Waals surface area contributed by atoms with Crippen molar-refractivity contribution in [2.75, 3.05) is 46.5 Å². The lowest BCUT2D eigenvalue weighted by atomic mass is 9.97. The second-order valence-electron chi connectivity index (χ2n) is 8.64. The van der Waals surface area contributed by atoms with E-state index in [2.05, 4.69) is 4.90 Å². The van der Waals surface area contributed by atoms with E-state index < -0.39 is 12.0 Å². The molecule has 2 aliphatic heterocycles. The van der Waals surface area contributed by atoms with Gasteiger partial charge >= 0.3 is 5.97 Å². The van der Waals surface area contributed by atoms with Crippen molar-refractivity contribution < 1.29 is 23.5 Å². The zero-order valence-electron chi connectivity index (χ0n) is 19.2. The lowest BCUT2D eigenvalue weighted by molar-refractivity contribution is 0.0314. The molecular formula is C26H26N2O6. The van der Waals surface area contributed by atoms with Crippen LogP contribution in [0.2, 0.25) is 0 Å². The first-order valence-electron chi connectivity index (χ1n) is 11.3. The molecule has 176 valence electrons. The van der Waals surface area contributed by atoms with Gasteiger partial charge in [0.2, 0.25) is 5.76 Å². The third kappa shape index (κ3) is 3.89. The van der Waals surface area contributed by atoms with Crippen molar-refractivity contribution in [3.8, 4) is 0 Å². The fraction of sp³-hybridized carbons (Fsp3) is 0.346. The minimum absolute atomic E-state index is 0.0883. The van der Waals surface area contributed by atoms with Gasteiger partial charge in [-0.2, -0.15) is 0 Å². The average molecular weight is 463 g/mol. The fourth-order valence-electron chi connectivity index (χ4n) is 4.70. The molecule has 0 spiro atoms. The smallest absolute Gasteiger partial charge is 0.337 e. The second-order valence-corrected chi connectivity index (χ2v) is 8.64. The Bertz CT molecular complexity index is 1310. The molecule has 1 aromatic heterocycles. The molecule has 0 aliphatic carbocycles. The maximum Gasteiger partial charge on any atom is 0.337 e. The van der Waals surface area contributed by atoms with E-state index in [4.69, 9.17) is 13.9 Å². The number of rotatable bonds is 5. The number of nitrogens with zero attached hydrogens (tertiary/aromatic N) is 2. The van der Waals surface area contributed by atoms with Crippen molar-refractivity contribution in [2.24, 2.45) is 0 Å². The zero-order valence-corrected chi connectivity index (χ0v) is 19.2. The van der Waals surface area contributed by atoms with Crippen molar-refractivity contribution in [2.45, 2.75) is 13.0 Å². The van der Waals surface area contributed by atoms with Gasteiger partial charge in [-0.3, -0.25) is 14.5 Å². The van der Waals surface area contributed by atoms with E-state index in [0.717, 1.165) is 24.2 Å². The Hall–Kier alpha value is -3.49. The van der Waals surface area contributed by atoms with Crippen molar-refractivity contribution in [1.29, 1.82) is 0 Å². The lowest BCUT2D eigenvalue weighted by Crippen LogP contribution is -2.42. The topological polar surface area (TPSA) is 89.3 Å². The molecular weight excluding hydrogens is 436 g/mol. The highest BCUT2D eigenvalue weighted by Gasteiger charge is 2.42. The Morgan fingerprint density at radius 3 is 2.50 bits per heavy atom. The summed E-state index contributed by atoms with van der Waals surface area (Å²) in [5, 5.41) is 0.456. The Morgan fingerprint density at radius 1 is 1.06 bits per heavy atom. The molecule has 2 aliphatic rings. The van der Waals surface area contributed by atoms with Crippen LogP contribution < -0.4 is 5.43 Å². The number of esters is 1. The number of carbonyl (C=O) groups is 2. The van der Waals surface area contributed by atoms with Gasteiger partial charge in [0.1, 0.15) is 5.58 Å². The first-order chi connectivity index (χ1) is 16.5. The molecule has 5 rings (SSSR count). The molecule has 8 nitrogen and oxygen atoms in total. The Labute approximate surface area is 196 Å². The third-order valence-corrected chi connectivity index (χ3v) is 6.53. The van der Waals surface area contributed by atoms with Crippen LogP contribution in [0, 0.1) is 6.92 Å². The number of hydrogen-bond acceptors (Lipinski definition) is 7. The van der Waals surface area contributed by atoms with Gasteiger partial charge in [0.15, 0.2) is 5.43 Å². The number of hydrogen-bond donors (Lipinski definition) is 0. The van der Waals surface area contributed by atoms with Crippen LogP contribution in [0.3, 0.4) is 0 Å². The molecule has 3 heterocycles. The SMILES string of the molecule is COC(=O)c1ccc(C2c3c(oc4ccc(C)cc4c3=O)C(=O)N2CCN2CCOCC2)cc1. The van der Waals surface area contributed by atoms with Gasteiger partial charge in [-0.05, 0) is 36.8 Å². The Morgan fingerprint density at radius 2 is 1.79 bits per heavy atom. The van der Waals surface area contributed by atoms with Crippen molar-refractivity contribution in [3.63, 3.8) is 0 Å². The van der Waals surface area contributed by atoms with Crippen LogP contribution in [-0.4, -0.2) is 68.2 Å². The number of carbonyl (C=O) groups excluding carboxylic acids is 2. The van der Waals surface area contributed by atoms with Crippen molar-refractivity contribution >= 4 is 22.8 Å². The highest BCUT2D eigenvalue weighted by atomic mass is 16.5. The Kier molecular flexibility index (Phi) is 5.93. The number of methoxy groups -OCH3 is 1. The molecule has 0 saturated carbocycles. The summed E-state index contributed by atoms with van der Waals surface area (Å²) >= 11 is 0.